The fourth-order valence-corrected chi connectivity index (χ4v) is 5.44. The first-order chi connectivity index (χ1) is 11.8. The molecule has 0 bridgehead atoms. The summed E-state index contributed by atoms with van der Waals surface area (Å²) in [6.07, 6.45) is 3.48. The number of hydrogen-bond acceptors (Lipinski definition) is 6. The van der Waals surface area contributed by atoms with Crippen LogP contribution in [0.15, 0.2) is 24.3 Å². The average molecular weight is 373 g/mol. The maximum Gasteiger partial charge on any atom is 0.146 e. The second-order valence-corrected chi connectivity index (χ2v) is 8.56. The van der Waals surface area contributed by atoms with E-state index in [-0.39, 0.29) is 6.10 Å². The van der Waals surface area contributed by atoms with Crippen LogP contribution in [0.1, 0.15) is 24.8 Å². The summed E-state index contributed by atoms with van der Waals surface area (Å²) in [5.74, 6) is 3.40. The number of hydrogen-bond donors (Lipinski definition) is 0. The van der Waals surface area contributed by atoms with Crippen LogP contribution in [-0.2, 0) is 20.8 Å². The smallest absolute Gasteiger partial charge is 0.146 e. The molecule has 24 heavy (non-hydrogen) atoms. The molecule has 1 heterocycles. The fourth-order valence-electron chi connectivity index (χ4n) is 2.45. The average Bonchev–Trinajstić information content (AvgIpc) is 2.64. The molecule has 0 amide bonds. The quantitative estimate of drug-likeness (QED) is 0.428. The van der Waals surface area contributed by atoms with E-state index in [1.165, 1.54) is 17.9 Å². The van der Waals surface area contributed by atoms with Crippen molar-refractivity contribution in [3.8, 4) is 5.75 Å². The van der Waals surface area contributed by atoms with Crippen LogP contribution < -0.4 is 4.74 Å². The lowest BCUT2D eigenvalue weighted by Gasteiger charge is -2.25. The molecule has 1 aliphatic heterocycles. The molecule has 0 N–H and O–H groups in total. The summed E-state index contributed by atoms with van der Waals surface area (Å²) >= 11 is 4.11. The van der Waals surface area contributed by atoms with E-state index in [1.54, 1.807) is 14.2 Å². The monoisotopic (exact) mass is 372 g/mol. The summed E-state index contributed by atoms with van der Waals surface area (Å²) in [5, 5.41) is 0. The number of rotatable bonds is 11. The van der Waals surface area contributed by atoms with Gasteiger partial charge in [-0.2, -0.15) is 0 Å². The van der Waals surface area contributed by atoms with Crippen LogP contribution in [0.5, 0.6) is 5.75 Å². The van der Waals surface area contributed by atoms with Gasteiger partial charge in [-0.15, -0.1) is 23.5 Å². The minimum atomic E-state index is 0.198. The molecule has 1 atom stereocenters. The van der Waals surface area contributed by atoms with E-state index in [9.17, 15) is 0 Å². The van der Waals surface area contributed by atoms with E-state index >= 15 is 0 Å². The predicted octanol–water partition coefficient (Wildman–Crippen LogP) is 4.18. The standard InChI is InChI=1S/C18H28O4S2/c1-19-14-22-17(12-18-23-10-3-11-24-18)8-9-21-13-15-4-6-16(20-2)7-5-15/h4-7,17-18H,3,8-14H2,1-2H3/t17-/m0/s1. The molecule has 136 valence electrons. The Bertz CT molecular complexity index is 435. The summed E-state index contributed by atoms with van der Waals surface area (Å²) in [6.45, 7) is 1.67. The van der Waals surface area contributed by atoms with Crippen molar-refractivity contribution in [2.45, 2.75) is 36.6 Å². The molecule has 1 saturated heterocycles. The zero-order chi connectivity index (χ0) is 17.0. The number of benzene rings is 1. The van der Waals surface area contributed by atoms with Crippen molar-refractivity contribution in [1.82, 2.24) is 0 Å². The lowest BCUT2D eigenvalue weighted by atomic mass is 10.2. The highest BCUT2D eigenvalue weighted by Crippen LogP contribution is 2.34. The lowest BCUT2D eigenvalue weighted by Crippen LogP contribution is -2.22. The van der Waals surface area contributed by atoms with Crippen LogP contribution in [0.25, 0.3) is 0 Å². The molecule has 4 nitrogen and oxygen atoms in total. The molecule has 6 heteroatoms. The Labute approximate surface area is 154 Å². The van der Waals surface area contributed by atoms with E-state index in [2.05, 4.69) is 23.5 Å². The van der Waals surface area contributed by atoms with Gasteiger partial charge in [-0.3, -0.25) is 0 Å². The third kappa shape index (κ3) is 7.66. The van der Waals surface area contributed by atoms with Gasteiger partial charge in [-0.1, -0.05) is 12.1 Å². The largest absolute Gasteiger partial charge is 0.497 e. The van der Waals surface area contributed by atoms with E-state index in [1.807, 2.05) is 24.3 Å². The van der Waals surface area contributed by atoms with Gasteiger partial charge in [0.15, 0.2) is 0 Å². The molecule has 2 rings (SSSR count). The van der Waals surface area contributed by atoms with Gasteiger partial charge in [0.2, 0.25) is 0 Å². The first-order valence-corrected chi connectivity index (χ1v) is 10.5. The van der Waals surface area contributed by atoms with Gasteiger partial charge in [0.05, 0.1) is 24.4 Å². The van der Waals surface area contributed by atoms with E-state index in [0.717, 1.165) is 24.2 Å². The lowest BCUT2D eigenvalue weighted by molar-refractivity contribution is -0.0818. The summed E-state index contributed by atoms with van der Waals surface area (Å²) in [5.41, 5.74) is 1.16. The summed E-state index contributed by atoms with van der Waals surface area (Å²) in [7, 11) is 3.34. The Kier molecular flexibility index (Phi) is 9.99. The van der Waals surface area contributed by atoms with Gasteiger partial charge in [-0.25, -0.2) is 0 Å². The van der Waals surface area contributed by atoms with Crippen molar-refractivity contribution in [1.29, 1.82) is 0 Å². The number of methoxy groups -OCH3 is 2. The highest BCUT2D eigenvalue weighted by Gasteiger charge is 2.20. The topological polar surface area (TPSA) is 36.9 Å². The van der Waals surface area contributed by atoms with Crippen molar-refractivity contribution in [3.63, 3.8) is 0 Å². The highest BCUT2D eigenvalue weighted by atomic mass is 32.2. The zero-order valence-electron chi connectivity index (χ0n) is 14.6. The maximum absolute atomic E-state index is 5.83. The van der Waals surface area contributed by atoms with Crippen LogP contribution in [0.3, 0.4) is 0 Å². The third-order valence-corrected chi connectivity index (χ3v) is 6.78. The molecular formula is C18H28O4S2. The Balaban J connectivity index is 1.68. The van der Waals surface area contributed by atoms with Crippen molar-refractivity contribution in [2.75, 3.05) is 39.1 Å². The summed E-state index contributed by atoms with van der Waals surface area (Å²) < 4.78 is 22.5. The van der Waals surface area contributed by atoms with Crippen LogP contribution in [0.2, 0.25) is 0 Å². The van der Waals surface area contributed by atoms with E-state index < -0.39 is 0 Å². The maximum atomic E-state index is 5.83. The van der Waals surface area contributed by atoms with Crippen molar-refractivity contribution >= 4 is 23.5 Å². The molecule has 0 aliphatic carbocycles. The van der Waals surface area contributed by atoms with Gasteiger partial charge in [0.1, 0.15) is 12.5 Å². The molecular weight excluding hydrogens is 344 g/mol. The summed E-state index contributed by atoms with van der Waals surface area (Å²) in [4.78, 5) is 0. The molecule has 0 aromatic heterocycles. The first-order valence-electron chi connectivity index (χ1n) is 8.36. The molecule has 1 fully saturated rings. The van der Waals surface area contributed by atoms with E-state index in [4.69, 9.17) is 18.9 Å². The van der Waals surface area contributed by atoms with Gasteiger partial charge in [0.25, 0.3) is 0 Å². The van der Waals surface area contributed by atoms with Crippen molar-refractivity contribution in [2.24, 2.45) is 0 Å². The van der Waals surface area contributed by atoms with Gasteiger partial charge < -0.3 is 18.9 Å². The normalized spacial score (nSPS) is 16.9. The molecule has 0 unspecified atom stereocenters. The Morgan fingerprint density at radius 2 is 1.88 bits per heavy atom. The van der Waals surface area contributed by atoms with E-state index in [0.29, 0.717) is 24.6 Å². The zero-order valence-corrected chi connectivity index (χ0v) is 16.2. The molecule has 0 spiro atoms. The predicted molar refractivity (Wildman–Crippen MR) is 102 cm³/mol. The molecule has 1 aromatic carbocycles. The van der Waals surface area contributed by atoms with Crippen LogP contribution in [-0.4, -0.2) is 49.8 Å². The number of thioether (sulfide) groups is 2. The van der Waals surface area contributed by atoms with Crippen LogP contribution in [0.4, 0.5) is 0 Å². The molecule has 0 saturated carbocycles. The minimum Gasteiger partial charge on any atom is -0.497 e. The molecule has 0 radical (unpaired) electrons. The Morgan fingerprint density at radius 1 is 1.12 bits per heavy atom. The fraction of sp³-hybridized carbons (Fsp3) is 0.667. The second-order valence-electron chi connectivity index (χ2n) is 5.64. The van der Waals surface area contributed by atoms with Gasteiger partial charge >= 0.3 is 0 Å². The summed E-state index contributed by atoms with van der Waals surface area (Å²) in [6, 6.07) is 7.99. The van der Waals surface area contributed by atoms with Crippen LogP contribution in [0, 0.1) is 0 Å². The van der Waals surface area contributed by atoms with Gasteiger partial charge in [0, 0.05) is 13.7 Å². The minimum absolute atomic E-state index is 0.198. The third-order valence-electron chi connectivity index (χ3n) is 3.79. The Morgan fingerprint density at radius 3 is 2.54 bits per heavy atom. The van der Waals surface area contributed by atoms with Crippen molar-refractivity contribution in [3.05, 3.63) is 29.8 Å². The first kappa shape index (κ1) is 19.9. The number of ether oxygens (including phenoxy) is 4. The van der Waals surface area contributed by atoms with Gasteiger partial charge in [-0.05, 0) is 48.5 Å². The van der Waals surface area contributed by atoms with Crippen molar-refractivity contribution < 1.29 is 18.9 Å². The second kappa shape index (κ2) is 12.0. The SMILES string of the molecule is COCO[C@@H](CCOCc1ccc(OC)cc1)CC1SCCCS1. The highest BCUT2D eigenvalue weighted by molar-refractivity contribution is 8.17. The Hall–Kier alpha value is -0.400. The van der Waals surface area contributed by atoms with Crippen LogP contribution >= 0.6 is 23.5 Å². The molecule has 1 aliphatic rings. The molecule has 1 aromatic rings.